The maximum Gasteiger partial charge on any atom is 0.338 e. The molecule has 2 amide bonds. The number of hydrogen-bond donors (Lipinski definition) is 1. The van der Waals surface area contributed by atoms with E-state index in [0.29, 0.717) is 37.6 Å². The van der Waals surface area contributed by atoms with Gasteiger partial charge in [0.1, 0.15) is 5.60 Å². The van der Waals surface area contributed by atoms with E-state index in [0.717, 1.165) is 5.56 Å². The first-order chi connectivity index (χ1) is 14.6. The van der Waals surface area contributed by atoms with Crippen LogP contribution in [0.1, 0.15) is 36.7 Å². The minimum Gasteiger partial charge on any atom is -0.458 e. The molecule has 2 unspecified atom stereocenters. The fourth-order valence-corrected chi connectivity index (χ4v) is 3.57. The van der Waals surface area contributed by atoms with E-state index >= 15 is 0 Å². The van der Waals surface area contributed by atoms with Crippen LogP contribution in [0.25, 0.3) is 0 Å². The van der Waals surface area contributed by atoms with Gasteiger partial charge in [0.05, 0.1) is 19.8 Å². The highest BCUT2D eigenvalue weighted by molar-refractivity contribution is 6.02. The number of benzene rings is 1. The molecule has 0 aliphatic carbocycles. The van der Waals surface area contributed by atoms with Gasteiger partial charge in [-0.1, -0.05) is 0 Å². The Morgan fingerprint density at radius 2 is 1.81 bits per heavy atom. The lowest BCUT2D eigenvalue weighted by Crippen LogP contribution is -2.55. The fourth-order valence-electron chi connectivity index (χ4n) is 3.57. The number of morpholine rings is 2. The van der Waals surface area contributed by atoms with E-state index < -0.39 is 29.7 Å². The summed E-state index contributed by atoms with van der Waals surface area (Å²) in [7, 11) is 0. The number of aliphatic hydroxyl groups excluding tert-OH is 1. The Kier molecular flexibility index (Phi) is 6.98. The number of aryl methyl sites for hydroxylation is 1. The molecule has 0 radical (unpaired) electrons. The molecule has 2 heterocycles. The molecule has 0 saturated carbocycles. The highest BCUT2D eigenvalue weighted by atomic mass is 16.6. The summed E-state index contributed by atoms with van der Waals surface area (Å²) in [6.07, 6.45) is -3.11. The average molecular weight is 434 g/mol. The zero-order chi connectivity index (χ0) is 22.8. The first kappa shape index (κ1) is 23.2. The zero-order valence-electron chi connectivity index (χ0n) is 18.4. The van der Waals surface area contributed by atoms with Crippen LogP contribution in [0.2, 0.25) is 0 Å². The number of carbonyl (C=O) groups is 3. The van der Waals surface area contributed by atoms with Gasteiger partial charge in [-0.2, -0.15) is 0 Å². The quantitative estimate of drug-likeness (QED) is 0.702. The normalized spacial score (nSPS) is 21.1. The molecule has 1 N–H and O–H groups in total. The molecule has 0 aromatic heterocycles. The van der Waals surface area contributed by atoms with Gasteiger partial charge in [0.2, 0.25) is 0 Å². The molecule has 9 heteroatoms. The van der Waals surface area contributed by atoms with Crippen LogP contribution in [0.15, 0.2) is 18.2 Å². The monoisotopic (exact) mass is 434 g/mol. The lowest BCUT2D eigenvalue weighted by atomic mass is 10.1. The molecule has 2 atom stereocenters. The summed E-state index contributed by atoms with van der Waals surface area (Å²) >= 11 is 0. The fraction of sp³-hybridized carbons (Fsp3) is 0.591. The van der Waals surface area contributed by atoms with Gasteiger partial charge in [0.25, 0.3) is 11.8 Å². The highest BCUT2D eigenvalue weighted by Gasteiger charge is 2.41. The van der Waals surface area contributed by atoms with Crippen molar-refractivity contribution in [3.8, 4) is 0 Å². The largest absolute Gasteiger partial charge is 0.458 e. The van der Waals surface area contributed by atoms with Gasteiger partial charge in [-0.3, -0.25) is 9.59 Å². The molecular formula is C22H30N2O7. The predicted molar refractivity (Wildman–Crippen MR) is 112 cm³/mol. The first-order valence-corrected chi connectivity index (χ1v) is 10.4. The minimum atomic E-state index is -1.74. The molecule has 2 saturated heterocycles. The van der Waals surface area contributed by atoms with E-state index in [2.05, 4.69) is 0 Å². The first-order valence-electron chi connectivity index (χ1n) is 10.4. The molecule has 2 aliphatic heterocycles. The van der Waals surface area contributed by atoms with Crippen LogP contribution in [0, 0.1) is 6.92 Å². The number of esters is 1. The van der Waals surface area contributed by atoms with Crippen LogP contribution in [-0.4, -0.2) is 85.1 Å². The Morgan fingerprint density at radius 3 is 2.45 bits per heavy atom. The molecule has 31 heavy (non-hydrogen) atoms. The lowest BCUT2D eigenvalue weighted by Gasteiger charge is -2.35. The number of hydrogen-bond acceptors (Lipinski definition) is 7. The Balaban J connectivity index is 1.80. The SMILES string of the molecule is Cc1cc(C(=O)N2CCOCC2)cc(N2CCOC(C(O)C(=O)OC(C)(C)C)C2=O)c1. The summed E-state index contributed by atoms with van der Waals surface area (Å²) in [5, 5.41) is 10.4. The van der Waals surface area contributed by atoms with Crippen LogP contribution in [0.3, 0.4) is 0 Å². The molecule has 3 rings (SSSR count). The third-order valence-electron chi connectivity index (χ3n) is 4.98. The average Bonchev–Trinajstić information content (AvgIpc) is 2.72. The Bertz CT molecular complexity index is 843. The zero-order valence-corrected chi connectivity index (χ0v) is 18.4. The molecule has 2 aliphatic rings. The second kappa shape index (κ2) is 9.33. The predicted octanol–water partition coefficient (Wildman–Crippen LogP) is 0.902. The topological polar surface area (TPSA) is 106 Å². The van der Waals surface area contributed by atoms with Crippen molar-refractivity contribution in [1.29, 1.82) is 0 Å². The van der Waals surface area contributed by atoms with Crippen molar-refractivity contribution in [2.24, 2.45) is 0 Å². The van der Waals surface area contributed by atoms with Crippen LogP contribution in [-0.2, 0) is 23.8 Å². The number of amides is 2. The van der Waals surface area contributed by atoms with Gasteiger partial charge in [0.15, 0.2) is 12.2 Å². The summed E-state index contributed by atoms with van der Waals surface area (Å²) < 4.78 is 15.9. The van der Waals surface area contributed by atoms with Gasteiger partial charge >= 0.3 is 5.97 Å². The van der Waals surface area contributed by atoms with Gasteiger partial charge in [0, 0.05) is 30.9 Å². The van der Waals surface area contributed by atoms with E-state index in [-0.39, 0.29) is 19.1 Å². The van der Waals surface area contributed by atoms with Crippen LogP contribution >= 0.6 is 0 Å². The van der Waals surface area contributed by atoms with Crippen molar-refractivity contribution in [3.05, 3.63) is 29.3 Å². The van der Waals surface area contributed by atoms with Crippen LogP contribution < -0.4 is 4.90 Å². The van der Waals surface area contributed by atoms with E-state index in [1.54, 1.807) is 43.9 Å². The summed E-state index contributed by atoms with van der Waals surface area (Å²) in [6.45, 7) is 9.27. The minimum absolute atomic E-state index is 0.126. The van der Waals surface area contributed by atoms with Crippen LogP contribution in [0.4, 0.5) is 5.69 Å². The molecule has 0 bridgehead atoms. The molecule has 2 fully saturated rings. The summed E-state index contributed by atoms with van der Waals surface area (Å²) in [5.41, 5.74) is 1.00. The van der Waals surface area contributed by atoms with E-state index in [4.69, 9.17) is 14.2 Å². The van der Waals surface area contributed by atoms with Crippen molar-refractivity contribution in [2.75, 3.05) is 44.4 Å². The second-order valence-corrected chi connectivity index (χ2v) is 8.72. The van der Waals surface area contributed by atoms with E-state index in [1.165, 1.54) is 4.90 Å². The maximum atomic E-state index is 13.1. The maximum absolute atomic E-state index is 13.1. The van der Waals surface area contributed by atoms with E-state index in [1.807, 2.05) is 6.92 Å². The van der Waals surface area contributed by atoms with Crippen molar-refractivity contribution in [2.45, 2.75) is 45.5 Å². The third kappa shape index (κ3) is 5.61. The number of rotatable bonds is 4. The smallest absolute Gasteiger partial charge is 0.338 e. The molecule has 170 valence electrons. The molecular weight excluding hydrogens is 404 g/mol. The summed E-state index contributed by atoms with van der Waals surface area (Å²) in [4.78, 5) is 41.3. The summed E-state index contributed by atoms with van der Waals surface area (Å²) in [5.74, 6) is -1.60. The molecule has 0 spiro atoms. The van der Waals surface area contributed by atoms with Crippen molar-refractivity contribution in [1.82, 2.24) is 4.90 Å². The number of anilines is 1. The Morgan fingerprint density at radius 1 is 1.13 bits per heavy atom. The molecule has 9 nitrogen and oxygen atoms in total. The highest BCUT2D eigenvalue weighted by Crippen LogP contribution is 2.25. The number of nitrogens with zero attached hydrogens (tertiary/aromatic N) is 2. The molecule has 1 aromatic rings. The number of carbonyl (C=O) groups excluding carboxylic acids is 3. The lowest BCUT2D eigenvalue weighted by molar-refractivity contribution is -0.177. The third-order valence-corrected chi connectivity index (χ3v) is 4.98. The van der Waals surface area contributed by atoms with Crippen molar-refractivity contribution in [3.63, 3.8) is 0 Å². The summed E-state index contributed by atoms with van der Waals surface area (Å²) in [6, 6.07) is 5.22. The van der Waals surface area contributed by atoms with Gasteiger partial charge in [-0.25, -0.2) is 4.79 Å². The molecule has 1 aromatic carbocycles. The van der Waals surface area contributed by atoms with Gasteiger partial charge in [-0.15, -0.1) is 0 Å². The van der Waals surface area contributed by atoms with Gasteiger partial charge in [-0.05, 0) is 51.5 Å². The Labute approximate surface area is 181 Å². The van der Waals surface area contributed by atoms with Crippen molar-refractivity contribution >= 4 is 23.5 Å². The van der Waals surface area contributed by atoms with Crippen LogP contribution in [0.5, 0.6) is 0 Å². The van der Waals surface area contributed by atoms with E-state index in [9.17, 15) is 19.5 Å². The number of ether oxygens (including phenoxy) is 3. The number of aliphatic hydroxyl groups is 1. The second-order valence-electron chi connectivity index (χ2n) is 8.72. The standard InChI is InChI=1S/C22H30N2O7/c1-14-11-15(19(26)23-5-8-29-9-6-23)13-16(12-14)24-7-10-30-18(20(24)27)17(25)21(28)31-22(2,3)4/h11-13,17-18,25H,5-10H2,1-4H3. The van der Waals surface area contributed by atoms with Gasteiger partial charge < -0.3 is 29.1 Å². The Hall–Kier alpha value is -2.49. The van der Waals surface area contributed by atoms with Crippen molar-refractivity contribution < 1.29 is 33.7 Å².